The van der Waals surface area contributed by atoms with Gasteiger partial charge in [0, 0.05) is 10.0 Å². The van der Waals surface area contributed by atoms with Crippen molar-refractivity contribution in [1.82, 2.24) is 5.43 Å². The van der Waals surface area contributed by atoms with Crippen molar-refractivity contribution in [3.05, 3.63) is 63.6 Å². The first kappa shape index (κ1) is 15.3. The molecule has 108 valence electrons. The number of hydrogen-bond donors (Lipinski definition) is 2. The number of phenolic OH excluding ortho intramolecular Hbond substituents is 1. The molecule has 2 N–H and O–H groups in total. The molecular weight excluding hydrogens is 332 g/mol. The second-order valence-electron chi connectivity index (χ2n) is 4.61. The highest BCUT2D eigenvalue weighted by Gasteiger charge is 2.03. The Hall–Kier alpha value is -2.14. The van der Waals surface area contributed by atoms with Gasteiger partial charge in [-0.25, -0.2) is 5.43 Å². The minimum atomic E-state index is -0.208. The van der Waals surface area contributed by atoms with Crippen molar-refractivity contribution in [2.45, 2.75) is 13.3 Å². The first-order valence-corrected chi connectivity index (χ1v) is 7.20. The van der Waals surface area contributed by atoms with Crippen LogP contribution in [0.15, 0.2) is 52.0 Å². The van der Waals surface area contributed by atoms with Crippen LogP contribution in [0.4, 0.5) is 0 Å². The molecule has 0 radical (unpaired) electrons. The molecule has 0 aliphatic carbocycles. The zero-order valence-corrected chi connectivity index (χ0v) is 13.1. The summed E-state index contributed by atoms with van der Waals surface area (Å²) >= 11 is 3.34. The van der Waals surface area contributed by atoms with Crippen molar-refractivity contribution < 1.29 is 9.90 Å². The second-order valence-corrected chi connectivity index (χ2v) is 5.52. The normalized spacial score (nSPS) is 10.8. The molecule has 21 heavy (non-hydrogen) atoms. The third-order valence-corrected chi connectivity index (χ3v) is 3.47. The predicted octanol–water partition coefficient (Wildman–Crippen LogP) is 3.16. The van der Waals surface area contributed by atoms with Crippen LogP contribution in [0.2, 0.25) is 0 Å². The standard InChI is InChI=1S/C16H15BrN2O2/c1-11-3-2-4-13(16(11)21)10-18-19-15(20)9-12-5-7-14(17)8-6-12/h2-8,10,21H,9H2,1H3,(H,19,20)/b18-10+. The molecule has 0 aromatic heterocycles. The predicted molar refractivity (Wildman–Crippen MR) is 86.4 cm³/mol. The number of phenols is 1. The number of benzene rings is 2. The van der Waals surface area contributed by atoms with Crippen LogP contribution in [0.25, 0.3) is 0 Å². The van der Waals surface area contributed by atoms with Gasteiger partial charge in [-0.1, -0.05) is 40.2 Å². The Kier molecular flexibility index (Phi) is 5.11. The monoisotopic (exact) mass is 346 g/mol. The maximum absolute atomic E-state index is 11.7. The number of aromatic hydroxyl groups is 1. The quantitative estimate of drug-likeness (QED) is 0.659. The van der Waals surface area contributed by atoms with Crippen molar-refractivity contribution in [3.63, 3.8) is 0 Å². The van der Waals surface area contributed by atoms with Crippen molar-refractivity contribution in [2.24, 2.45) is 5.10 Å². The van der Waals surface area contributed by atoms with Crippen LogP contribution in [0, 0.1) is 6.92 Å². The highest BCUT2D eigenvalue weighted by atomic mass is 79.9. The van der Waals surface area contributed by atoms with E-state index in [0.717, 1.165) is 15.6 Å². The van der Waals surface area contributed by atoms with Gasteiger partial charge in [-0.15, -0.1) is 0 Å². The number of nitrogens with one attached hydrogen (secondary N) is 1. The molecule has 0 saturated carbocycles. The number of para-hydroxylation sites is 1. The van der Waals surface area contributed by atoms with Crippen LogP contribution in [0.5, 0.6) is 5.75 Å². The van der Waals surface area contributed by atoms with Gasteiger partial charge in [0.05, 0.1) is 12.6 Å². The van der Waals surface area contributed by atoms with E-state index in [2.05, 4.69) is 26.5 Å². The molecule has 0 unspecified atom stereocenters. The van der Waals surface area contributed by atoms with Crippen molar-refractivity contribution in [3.8, 4) is 5.75 Å². The van der Waals surface area contributed by atoms with E-state index in [1.54, 1.807) is 19.1 Å². The molecule has 0 spiro atoms. The number of aryl methyl sites for hydroxylation is 1. The molecular formula is C16H15BrN2O2. The number of rotatable bonds is 4. The lowest BCUT2D eigenvalue weighted by Crippen LogP contribution is -2.19. The van der Waals surface area contributed by atoms with Crippen LogP contribution in [-0.2, 0) is 11.2 Å². The average molecular weight is 347 g/mol. The minimum absolute atomic E-state index is 0.170. The fraction of sp³-hybridized carbons (Fsp3) is 0.125. The third-order valence-electron chi connectivity index (χ3n) is 2.94. The van der Waals surface area contributed by atoms with E-state index in [0.29, 0.717) is 5.56 Å². The SMILES string of the molecule is Cc1cccc(/C=N/NC(=O)Cc2ccc(Br)cc2)c1O. The van der Waals surface area contributed by atoms with Crippen LogP contribution in [0.1, 0.15) is 16.7 Å². The number of nitrogens with zero attached hydrogens (tertiary/aromatic N) is 1. The Morgan fingerprint density at radius 3 is 2.71 bits per heavy atom. The minimum Gasteiger partial charge on any atom is -0.507 e. The lowest BCUT2D eigenvalue weighted by atomic mass is 10.1. The van der Waals surface area contributed by atoms with Gasteiger partial charge in [0.2, 0.25) is 5.91 Å². The van der Waals surface area contributed by atoms with E-state index in [1.165, 1.54) is 6.21 Å². The van der Waals surface area contributed by atoms with Gasteiger partial charge < -0.3 is 5.11 Å². The Morgan fingerprint density at radius 1 is 1.29 bits per heavy atom. The summed E-state index contributed by atoms with van der Waals surface area (Å²) < 4.78 is 0.972. The first-order chi connectivity index (χ1) is 10.1. The number of amides is 1. The summed E-state index contributed by atoms with van der Waals surface area (Å²) in [5.74, 6) is -0.0378. The third kappa shape index (κ3) is 4.43. The van der Waals surface area contributed by atoms with E-state index >= 15 is 0 Å². The van der Waals surface area contributed by atoms with E-state index in [1.807, 2.05) is 30.3 Å². The van der Waals surface area contributed by atoms with Crippen LogP contribution >= 0.6 is 15.9 Å². The fourth-order valence-corrected chi connectivity index (χ4v) is 2.05. The smallest absolute Gasteiger partial charge is 0.244 e. The highest BCUT2D eigenvalue weighted by molar-refractivity contribution is 9.10. The van der Waals surface area contributed by atoms with Gasteiger partial charge in [-0.2, -0.15) is 5.10 Å². The summed E-state index contributed by atoms with van der Waals surface area (Å²) in [7, 11) is 0. The number of hydrazone groups is 1. The summed E-state index contributed by atoms with van der Waals surface area (Å²) in [6, 6.07) is 12.9. The van der Waals surface area contributed by atoms with Gasteiger partial charge in [-0.3, -0.25) is 4.79 Å². The molecule has 0 aliphatic heterocycles. The topological polar surface area (TPSA) is 61.7 Å². The molecule has 5 heteroatoms. The maximum Gasteiger partial charge on any atom is 0.244 e. The largest absolute Gasteiger partial charge is 0.507 e. The molecule has 2 aromatic rings. The van der Waals surface area contributed by atoms with Gasteiger partial charge in [0.25, 0.3) is 0 Å². The Bertz CT molecular complexity index is 666. The molecule has 2 rings (SSSR count). The van der Waals surface area contributed by atoms with Gasteiger partial charge in [0.15, 0.2) is 0 Å². The maximum atomic E-state index is 11.7. The van der Waals surface area contributed by atoms with Crippen LogP contribution in [0.3, 0.4) is 0 Å². The molecule has 0 aliphatic rings. The Morgan fingerprint density at radius 2 is 2.00 bits per heavy atom. The Balaban J connectivity index is 1.93. The average Bonchev–Trinajstić information content (AvgIpc) is 2.46. The zero-order valence-electron chi connectivity index (χ0n) is 11.5. The van der Waals surface area contributed by atoms with E-state index < -0.39 is 0 Å². The van der Waals surface area contributed by atoms with Gasteiger partial charge in [-0.05, 0) is 36.2 Å². The van der Waals surface area contributed by atoms with E-state index in [-0.39, 0.29) is 18.1 Å². The molecule has 0 bridgehead atoms. The molecule has 1 amide bonds. The number of hydrogen-bond acceptors (Lipinski definition) is 3. The second kappa shape index (κ2) is 7.04. The lowest BCUT2D eigenvalue weighted by Gasteiger charge is -2.03. The van der Waals surface area contributed by atoms with Gasteiger partial charge in [0.1, 0.15) is 5.75 Å². The lowest BCUT2D eigenvalue weighted by molar-refractivity contribution is -0.120. The molecule has 0 saturated heterocycles. The van der Waals surface area contributed by atoms with Crippen molar-refractivity contribution >= 4 is 28.1 Å². The zero-order chi connectivity index (χ0) is 15.2. The number of carbonyl (C=O) groups excluding carboxylic acids is 1. The molecule has 2 aromatic carbocycles. The van der Waals surface area contributed by atoms with Crippen LogP contribution in [-0.4, -0.2) is 17.2 Å². The van der Waals surface area contributed by atoms with Crippen molar-refractivity contribution in [2.75, 3.05) is 0 Å². The molecule has 4 nitrogen and oxygen atoms in total. The van der Waals surface area contributed by atoms with E-state index in [4.69, 9.17) is 0 Å². The first-order valence-electron chi connectivity index (χ1n) is 6.41. The summed E-state index contributed by atoms with van der Waals surface area (Å²) in [5, 5.41) is 13.7. The summed E-state index contributed by atoms with van der Waals surface area (Å²) in [4.78, 5) is 11.7. The Labute approximate surface area is 131 Å². The summed E-state index contributed by atoms with van der Waals surface area (Å²) in [5.41, 5.74) is 4.69. The highest BCUT2D eigenvalue weighted by Crippen LogP contribution is 2.19. The number of carbonyl (C=O) groups is 1. The van der Waals surface area contributed by atoms with Gasteiger partial charge >= 0.3 is 0 Å². The molecule has 0 heterocycles. The van der Waals surface area contributed by atoms with Crippen molar-refractivity contribution in [1.29, 1.82) is 0 Å². The van der Waals surface area contributed by atoms with E-state index in [9.17, 15) is 9.90 Å². The number of halogens is 1. The summed E-state index contributed by atoms with van der Waals surface area (Å²) in [6.45, 7) is 1.80. The fourth-order valence-electron chi connectivity index (χ4n) is 1.79. The summed E-state index contributed by atoms with van der Waals surface area (Å²) in [6.07, 6.45) is 1.69. The van der Waals surface area contributed by atoms with Crippen LogP contribution < -0.4 is 5.43 Å². The molecule has 0 atom stereocenters. The molecule has 0 fully saturated rings.